The van der Waals surface area contributed by atoms with Gasteiger partial charge in [0.1, 0.15) is 12.1 Å². The fourth-order valence-corrected chi connectivity index (χ4v) is 4.42. The van der Waals surface area contributed by atoms with Crippen LogP contribution in [0.2, 0.25) is 0 Å². The lowest BCUT2D eigenvalue weighted by atomic mass is 10.1. The maximum Gasteiger partial charge on any atom is 0.150 e. The van der Waals surface area contributed by atoms with E-state index in [1.54, 1.807) is 6.33 Å². The van der Waals surface area contributed by atoms with E-state index in [-0.39, 0.29) is 6.61 Å². The van der Waals surface area contributed by atoms with Crippen molar-refractivity contribution in [3.63, 3.8) is 0 Å². The normalized spacial score (nSPS) is 15.0. The van der Waals surface area contributed by atoms with Gasteiger partial charge in [0.15, 0.2) is 5.65 Å². The maximum atomic E-state index is 9.26. The summed E-state index contributed by atoms with van der Waals surface area (Å²) in [6, 6.07) is 19.0. The molecule has 158 valence electrons. The SMILES string of the molecule is Cc1cccc(-n2cc(-c3ccccc3)c3c(N4CCN(CCO)CC4)ncnc32)c1. The topological polar surface area (TPSA) is 57.4 Å². The molecule has 0 saturated carbocycles. The molecule has 31 heavy (non-hydrogen) atoms. The van der Waals surface area contributed by atoms with E-state index in [0.29, 0.717) is 0 Å². The van der Waals surface area contributed by atoms with E-state index < -0.39 is 0 Å². The first-order valence-electron chi connectivity index (χ1n) is 10.8. The van der Waals surface area contributed by atoms with Crippen LogP contribution in [0.15, 0.2) is 67.1 Å². The van der Waals surface area contributed by atoms with Gasteiger partial charge in [0.05, 0.1) is 12.0 Å². The van der Waals surface area contributed by atoms with Crippen LogP contribution in [-0.2, 0) is 0 Å². The van der Waals surface area contributed by atoms with Crippen LogP contribution in [0.4, 0.5) is 5.82 Å². The number of aliphatic hydroxyl groups excluding tert-OH is 1. The molecule has 0 spiro atoms. The first-order chi connectivity index (χ1) is 15.2. The van der Waals surface area contributed by atoms with Gasteiger partial charge in [0.2, 0.25) is 0 Å². The number of hydrogen-bond donors (Lipinski definition) is 1. The molecular weight excluding hydrogens is 386 g/mol. The molecule has 4 aromatic rings. The molecule has 6 heteroatoms. The first-order valence-corrected chi connectivity index (χ1v) is 10.8. The van der Waals surface area contributed by atoms with Crippen molar-refractivity contribution in [2.75, 3.05) is 44.2 Å². The zero-order chi connectivity index (χ0) is 21.2. The molecule has 2 aromatic carbocycles. The third kappa shape index (κ3) is 3.80. The quantitative estimate of drug-likeness (QED) is 0.543. The molecule has 5 rings (SSSR count). The molecule has 0 unspecified atom stereocenters. The molecule has 2 aromatic heterocycles. The van der Waals surface area contributed by atoms with Crippen molar-refractivity contribution in [3.05, 3.63) is 72.7 Å². The van der Waals surface area contributed by atoms with Crippen molar-refractivity contribution in [1.82, 2.24) is 19.4 Å². The summed E-state index contributed by atoms with van der Waals surface area (Å²) in [6.45, 7) is 6.66. The van der Waals surface area contributed by atoms with Gasteiger partial charge >= 0.3 is 0 Å². The second-order valence-corrected chi connectivity index (χ2v) is 8.07. The number of rotatable bonds is 5. The summed E-state index contributed by atoms with van der Waals surface area (Å²) < 4.78 is 2.18. The van der Waals surface area contributed by atoms with Crippen molar-refractivity contribution in [2.24, 2.45) is 0 Å². The van der Waals surface area contributed by atoms with Gasteiger partial charge in [-0.15, -0.1) is 0 Å². The fourth-order valence-electron chi connectivity index (χ4n) is 4.42. The Morgan fingerprint density at radius 3 is 2.48 bits per heavy atom. The average Bonchev–Trinajstić information content (AvgIpc) is 3.20. The molecule has 1 saturated heterocycles. The molecule has 1 aliphatic heterocycles. The summed E-state index contributed by atoms with van der Waals surface area (Å²) in [4.78, 5) is 14.1. The van der Waals surface area contributed by atoms with Crippen LogP contribution in [0.1, 0.15) is 5.56 Å². The standard InChI is InChI=1S/C25H27N5O/c1-19-6-5-9-21(16-19)30-17-22(20-7-3-2-4-8-20)23-24(26-18-27-25(23)30)29-12-10-28(11-13-29)14-15-31/h2-9,16-18,31H,10-15H2,1H3. The number of fused-ring (bicyclic) bond motifs is 1. The number of piperazine rings is 1. The van der Waals surface area contributed by atoms with Crippen molar-refractivity contribution >= 4 is 16.9 Å². The molecule has 1 fully saturated rings. The number of β-amino-alcohol motifs (C(OH)–C–C–N with tert-alkyl or cyclic N) is 1. The van der Waals surface area contributed by atoms with E-state index in [4.69, 9.17) is 9.97 Å². The predicted molar refractivity (Wildman–Crippen MR) is 125 cm³/mol. The Labute approximate surface area is 182 Å². The number of anilines is 1. The van der Waals surface area contributed by atoms with Gasteiger partial charge in [-0.1, -0.05) is 42.5 Å². The highest BCUT2D eigenvalue weighted by atomic mass is 16.3. The second kappa shape index (κ2) is 8.49. The monoisotopic (exact) mass is 413 g/mol. The highest BCUT2D eigenvalue weighted by Gasteiger charge is 2.23. The van der Waals surface area contributed by atoms with E-state index in [9.17, 15) is 5.11 Å². The highest BCUT2D eigenvalue weighted by Crippen LogP contribution is 2.37. The summed E-state index contributed by atoms with van der Waals surface area (Å²) in [5, 5.41) is 10.3. The number of benzene rings is 2. The minimum Gasteiger partial charge on any atom is -0.395 e. The third-order valence-corrected chi connectivity index (χ3v) is 6.02. The zero-order valence-corrected chi connectivity index (χ0v) is 17.8. The van der Waals surface area contributed by atoms with Gasteiger partial charge in [0.25, 0.3) is 0 Å². The summed E-state index contributed by atoms with van der Waals surface area (Å²) in [6.07, 6.45) is 3.87. The lowest BCUT2D eigenvalue weighted by Crippen LogP contribution is -2.47. The van der Waals surface area contributed by atoms with Crippen LogP contribution in [0.25, 0.3) is 27.8 Å². The smallest absolute Gasteiger partial charge is 0.150 e. The molecule has 0 amide bonds. The minimum atomic E-state index is 0.204. The van der Waals surface area contributed by atoms with Crippen LogP contribution in [0, 0.1) is 6.92 Å². The fraction of sp³-hybridized carbons (Fsp3) is 0.280. The highest BCUT2D eigenvalue weighted by molar-refractivity contribution is 6.02. The van der Waals surface area contributed by atoms with Crippen molar-refractivity contribution in [3.8, 4) is 16.8 Å². The van der Waals surface area contributed by atoms with Crippen molar-refractivity contribution in [1.29, 1.82) is 0 Å². The van der Waals surface area contributed by atoms with E-state index in [1.807, 2.05) is 6.07 Å². The van der Waals surface area contributed by atoms with Gasteiger partial charge in [-0.3, -0.25) is 4.90 Å². The van der Waals surface area contributed by atoms with Crippen molar-refractivity contribution < 1.29 is 5.11 Å². The molecule has 0 radical (unpaired) electrons. The Balaban J connectivity index is 1.66. The number of nitrogens with zero attached hydrogens (tertiary/aromatic N) is 5. The van der Waals surface area contributed by atoms with Gasteiger partial charge in [-0.2, -0.15) is 0 Å². The van der Waals surface area contributed by atoms with E-state index in [2.05, 4.69) is 76.0 Å². The van der Waals surface area contributed by atoms with E-state index in [1.165, 1.54) is 5.56 Å². The third-order valence-electron chi connectivity index (χ3n) is 6.02. The number of aryl methyl sites for hydroxylation is 1. The number of hydrogen-bond acceptors (Lipinski definition) is 5. The molecular formula is C25H27N5O. The van der Waals surface area contributed by atoms with Gasteiger partial charge in [-0.25, -0.2) is 9.97 Å². The molecule has 6 nitrogen and oxygen atoms in total. The van der Waals surface area contributed by atoms with Crippen molar-refractivity contribution in [2.45, 2.75) is 6.92 Å². The molecule has 1 N–H and O–H groups in total. The Morgan fingerprint density at radius 2 is 1.74 bits per heavy atom. The molecule has 1 aliphatic rings. The van der Waals surface area contributed by atoms with Crippen LogP contribution in [0.3, 0.4) is 0 Å². The van der Waals surface area contributed by atoms with E-state index >= 15 is 0 Å². The average molecular weight is 414 g/mol. The predicted octanol–water partition coefficient (Wildman–Crippen LogP) is 3.51. The van der Waals surface area contributed by atoms with Gasteiger partial charge in [0, 0.05) is 50.2 Å². The van der Waals surface area contributed by atoms with Crippen LogP contribution < -0.4 is 4.90 Å². The molecule has 0 aliphatic carbocycles. The lowest BCUT2D eigenvalue weighted by molar-refractivity contribution is 0.188. The minimum absolute atomic E-state index is 0.204. The van der Waals surface area contributed by atoms with E-state index in [0.717, 1.165) is 66.4 Å². The molecule has 0 atom stereocenters. The van der Waals surface area contributed by atoms with Crippen LogP contribution in [-0.4, -0.2) is 63.9 Å². The first kappa shape index (κ1) is 19.7. The Morgan fingerprint density at radius 1 is 0.935 bits per heavy atom. The van der Waals surface area contributed by atoms with Crippen LogP contribution >= 0.6 is 0 Å². The van der Waals surface area contributed by atoms with Gasteiger partial charge in [-0.05, 0) is 30.2 Å². The summed E-state index contributed by atoms with van der Waals surface area (Å²) >= 11 is 0. The lowest BCUT2D eigenvalue weighted by Gasteiger charge is -2.35. The number of aromatic nitrogens is 3. The summed E-state index contributed by atoms with van der Waals surface area (Å²) in [5.74, 6) is 0.985. The summed E-state index contributed by atoms with van der Waals surface area (Å²) in [7, 11) is 0. The summed E-state index contributed by atoms with van der Waals surface area (Å²) in [5.41, 5.74) is 5.55. The Hall–Kier alpha value is -3.22. The number of aliphatic hydroxyl groups is 1. The Kier molecular flexibility index (Phi) is 5.40. The zero-order valence-electron chi connectivity index (χ0n) is 17.8. The molecule has 0 bridgehead atoms. The van der Waals surface area contributed by atoms with Gasteiger partial charge < -0.3 is 14.6 Å². The maximum absolute atomic E-state index is 9.26. The second-order valence-electron chi connectivity index (χ2n) is 8.07. The Bertz CT molecular complexity index is 1180. The largest absolute Gasteiger partial charge is 0.395 e. The molecule has 3 heterocycles. The van der Waals surface area contributed by atoms with Crippen LogP contribution in [0.5, 0.6) is 0 Å².